The van der Waals surface area contributed by atoms with E-state index in [1.54, 1.807) is 0 Å². The number of carboxylic acid groups (broad SMARTS) is 1. The minimum Gasteiger partial charge on any atom is -0.477 e. The van der Waals surface area contributed by atoms with E-state index in [9.17, 15) is 24.3 Å². The van der Waals surface area contributed by atoms with Gasteiger partial charge in [-0.25, -0.2) is 9.78 Å². The number of nitrogens with zero attached hydrogens (tertiary/aromatic N) is 3. The van der Waals surface area contributed by atoms with E-state index in [0.29, 0.717) is 13.0 Å². The maximum atomic E-state index is 13.1. The Labute approximate surface area is 206 Å². The van der Waals surface area contributed by atoms with E-state index < -0.39 is 41.3 Å². The van der Waals surface area contributed by atoms with Crippen molar-refractivity contribution in [2.24, 2.45) is 5.16 Å². The number of oxime groups is 1. The van der Waals surface area contributed by atoms with Crippen molar-refractivity contribution in [1.29, 1.82) is 5.41 Å². The Kier molecular flexibility index (Phi) is 6.93. The van der Waals surface area contributed by atoms with Crippen molar-refractivity contribution in [3.8, 4) is 0 Å². The summed E-state index contributed by atoms with van der Waals surface area (Å²) in [4.78, 5) is 59.4. The number of anilines is 1. The number of aliphatic carboxylic acids is 1. The predicted octanol–water partition coefficient (Wildman–Crippen LogP) is -0.913. The number of amidine groups is 1. The van der Waals surface area contributed by atoms with Crippen molar-refractivity contribution in [3.05, 3.63) is 22.3 Å². The number of carbonyl (C=O) groups is 4. The number of aromatic nitrogens is 1. The average Bonchev–Trinajstić information content (AvgIpc) is 3.43. The zero-order chi connectivity index (χ0) is 25.3. The standard InChI is InChI=1S/C19H21N7O7S2/c1-7(27)32-4-8-5-34-17-12(16(29)26(17)13(8)18(30)31)24-15(28)11(9-6-35-19(21)23-9)25-33-10-2-3-22-14(10)20/h6,10,12,17H,2-5H2,1H3,(H2,20,22)(H2,21,23)(H,24,28)(H,30,31)/b25-11+/t10?,12-,17-/m1/s1. The van der Waals surface area contributed by atoms with E-state index in [1.165, 1.54) is 24.1 Å². The third-order valence-electron chi connectivity index (χ3n) is 5.28. The van der Waals surface area contributed by atoms with Crippen LogP contribution in [0.2, 0.25) is 0 Å². The topological polar surface area (TPSA) is 209 Å². The van der Waals surface area contributed by atoms with Crippen LogP contribution in [0.25, 0.3) is 0 Å². The van der Waals surface area contributed by atoms with Gasteiger partial charge in [0.15, 0.2) is 16.9 Å². The van der Waals surface area contributed by atoms with Crippen LogP contribution < -0.4 is 16.4 Å². The molecule has 4 rings (SSSR count). The van der Waals surface area contributed by atoms with Gasteiger partial charge in [0.2, 0.25) is 0 Å². The molecule has 2 fully saturated rings. The first kappa shape index (κ1) is 24.5. The van der Waals surface area contributed by atoms with E-state index in [2.05, 4.69) is 20.8 Å². The number of esters is 1. The number of hydrogen-bond acceptors (Lipinski definition) is 12. The van der Waals surface area contributed by atoms with Crippen molar-refractivity contribution in [2.75, 3.05) is 24.6 Å². The molecule has 0 aromatic carbocycles. The van der Waals surface area contributed by atoms with Gasteiger partial charge < -0.3 is 31.0 Å². The van der Waals surface area contributed by atoms with Gasteiger partial charge in [-0.1, -0.05) is 5.16 Å². The molecular weight excluding hydrogens is 502 g/mol. The number of β-lactam (4-membered cyclic amide) rings is 1. The molecule has 0 radical (unpaired) electrons. The van der Waals surface area contributed by atoms with Gasteiger partial charge in [0.1, 0.15) is 35.2 Å². The first-order valence-electron chi connectivity index (χ1n) is 10.3. The minimum atomic E-state index is -1.34. The molecule has 4 heterocycles. The summed E-state index contributed by atoms with van der Waals surface area (Å²) >= 11 is 2.32. The summed E-state index contributed by atoms with van der Waals surface area (Å²) in [6.45, 7) is 1.49. The van der Waals surface area contributed by atoms with Gasteiger partial charge in [0.25, 0.3) is 11.8 Å². The number of hydrogen-bond donors (Lipinski definition) is 5. The lowest BCUT2D eigenvalue weighted by Crippen LogP contribution is -2.71. The Hall–Kier alpha value is -3.66. The first-order valence-corrected chi connectivity index (χ1v) is 12.2. The molecule has 1 unspecified atom stereocenters. The number of fused-ring (bicyclic) bond motifs is 1. The van der Waals surface area contributed by atoms with E-state index in [0.717, 1.165) is 16.2 Å². The molecule has 3 aliphatic rings. The molecule has 14 nitrogen and oxygen atoms in total. The second-order valence-corrected chi connectivity index (χ2v) is 9.63. The lowest BCUT2D eigenvalue weighted by Gasteiger charge is -2.49. The highest BCUT2D eigenvalue weighted by atomic mass is 32.2. The zero-order valence-corrected chi connectivity index (χ0v) is 19.9. The largest absolute Gasteiger partial charge is 0.477 e. The second-order valence-electron chi connectivity index (χ2n) is 7.63. The monoisotopic (exact) mass is 523 g/mol. The Morgan fingerprint density at radius 2 is 2.23 bits per heavy atom. The molecule has 0 bridgehead atoms. The number of thiazole rings is 1. The van der Waals surface area contributed by atoms with Gasteiger partial charge in [-0.3, -0.25) is 24.7 Å². The van der Waals surface area contributed by atoms with Crippen molar-refractivity contribution in [3.63, 3.8) is 0 Å². The summed E-state index contributed by atoms with van der Waals surface area (Å²) in [5.41, 5.74) is 5.62. The van der Waals surface area contributed by atoms with Gasteiger partial charge in [-0.15, -0.1) is 23.1 Å². The Morgan fingerprint density at radius 1 is 1.46 bits per heavy atom. The van der Waals surface area contributed by atoms with Gasteiger partial charge in [0, 0.05) is 36.6 Å². The number of amides is 2. The number of nitrogens with one attached hydrogen (secondary N) is 3. The quantitative estimate of drug-likeness (QED) is 0.122. The summed E-state index contributed by atoms with van der Waals surface area (Å²) in [6, 6.07) is -1.02. The summed E-state index contributed by atoms with van der Waals surface area (Å²) < 4.78 is 4.91. The number of ether oxygens (including phenoxy) is 1. The third-order valence-corrected chi connectivity index (χ3v) is 7.29. The molecule has 0 spiro atoms. The summed E-state index contributed by atoms with van der Waals surface area (Å²) in [5.74, 6) is -2.98. The Bertz CT molecular complexity index is 1160. The van der Waals surface area contributed by atoms with Gasteiger partial charge in [-0.2, -0.15) is 0 Å². The third kappa shape index (κ3) is 4.93. The van der Waals surface area contributed by atoms with Crippen LogP contribution >= 0.6 is 23.1 Å². The molecule has 2 amide bonds. The van der Waals surface area contributed by atoms with Crippen molar-refractivity contribution in [2.45, 2.75) is 30.9 Å². The molecule has 35 heavy (non-hydrogen) atoms. The summed E-state index contributed by atoms with van der Waals surface area (Å²) in [5, 5.41) is 27.8. The van der Waals surface area contributed by atoms with Crippen LogP contribution in [0.5, 0.6) is 0 Å². The number of thioether (sulfide) groups is 1. The Morgan fingerprint density at radius 3 is 2.83 bits per heavy atom. The van der Waals surface area contributed by atoms with Crippen LogP contribution in [0.1, 0.15) is 19.0 Å². The van der Waals surface area contributed by atoms with Crippen molar-refractivity contribution in [1.82, 2.24) is 20.5 Å². The van der Waals surface area contributed by atoms with Crippen LogP contribution in [0.4, 0.5) is 5.13 Å². The van der Waals surface area contributed by atoms with E-state index in [1.807, 2.05) is 0 Å². The van der Waals surface area contributed by atoms with Gasteiger partial charge >= 0.3 is 11.9 Å². The molecule has 1 aromatic heterocycles. The lowest BCUT2D eigenvalue weighted by atomic mass is 10.0. The number of rotatable bonds is 8. The van der Waals surface area contributed by atoms with Crippen LogP contribution in [-0.4, -0.2) is 86.7 Å². The molecule has 0 saturated carbocycles. The fraction of sp³-hybridized carbons (Fsp3) is 0.421. The predicted molar refractivity (Wildman–Crippen MR) is 125 cm³/mol. The highest BCUT2D eigenvalue weighted by Gasteiger charge is 2.54. The first-order chi connectivity index (χ1) is 16.7. The number of carbonyl (C=O) groups excluding carboxylic acids is 3. The summed E-state index contributed by atoms with van der Waals surface area (Å²) in [6.07, 6.45) is -0.159. The van der Waals surface area contributed by atoms with E-state index in [4.69, 9.17) is 20.7 Å². The van der Waals surface area contributed by atoms with Gasteiger partial charge in [-0.05, 0) is 0 Å². The molecule has 0 aliphatic carbocycles. The zero-order valence-electron chi connectivity index (χ0n) is 18.3. The Balaban J connectivity index is 1.51. The molecule has 16 heteroatoms. The van der Waals surface area contributed by atoms with Crippen LogP contribution in [0, 0.1) is 5.41 Å². The van der Waals surface area contributed by atoms with Gasteiger partial charge in [0.05, 0.1) is 0 Å². The molecule has 6 N–H and O–H groups in total. The second kappa shape index (κ2) is 9.91. The normalized spacial score (nSPS) is 23.9. The van der Waals surface area contributed by atoms with Crippen molar-refractivity contribution < 1.29 is 33.9 Å². The minimum absolute atomic E-state index is 0.132. The van der Waals surface area contributed by atoms with Crippen LogP contribution in [-0.2, 0) is 28.8 Å². The lowest BCUT2D eigenvalue weighted by molar-refractivity contribution is -0.150. The molecule has 186 valence electrons. The van der Waals surface area contributed by atoms with E-state index >= 15 is 0 Å². The maximum Gasteiger partial charge on any atom is 0.352 e. The highest BCUT2D eigenvalue weighted by molar-refractivity contribution is 8.00. The number of nitrogen functional groups attached to an aromatic ring is 1. The summed E-state index contributed by atoms with van der Waals surface area (Å²) in [7, 11) is 0. The average molecular weight is 524 g/mol. The van der Waals surface area contributed by atoms with Crippen molar-refractivity contribution >= 4 is 63.5 Å². The smallest absolute Gasteiger partial charge is 0.352 e. The molecule has 1 aromatic rings. The highest BCUT2D eigenvalue weighted by Crippen LogP contribution is 2.40. The SMILES string of the molecule is CC(=O)OCC1=C(C(=O)O)N2C(=O)[C@@H](NC(=O)/C(=N/OC3CCNC3=N)c3csc(N)n3)[C@H]2SC1. The van der Waals surface area contributed by atoms with Crippen LogP contribution in [0.3, 0.4) is 0 Å². The molecular formula is C19H21N7O7S2. The van der Waals surface area contributed by atoms with E-state index in [-0.39, 0.29) is 46.0 Å². The molecule has 2 saturated heterocycles. The number of carboxylic acids is 1. The van der Waals surface area contributed by atoms with Crippen LogP contribution in [0.15, 0.2) is 21.8 Å². The maximum absolute atomic E-state index is 13.1. The molecule has 3 atom stereocenters. The molecule has 3 aliphatic heterocycles. The fourth-order valence-electron chi connectivity index (χ4n) is 3.61. The fourth-order valence-corrected chi connectivity index (χ4v) is 5.49. The number of nitrogens with two attached hydrogens (primary N) is 1.